The fraction of sp³-hybridized carbons (Fsp3) is 0.190. The van der Waals surface area contributed by atoms with Crippen LogP contribution in [0.3, 0.4) is 0 Å². The van der Waals surface area contributed by atoms with Gasteiger partial charge in [-0.25, -0.2) is 8.78 Å². The third-order valence-corrected chi connectivity index (χ3v) is 4.31. The summed E-state index contributed by atoms with van der Waals surface area (Å²) in [6.45, 7) is 4.52. The smallest absolute Gasteiger partial charge is 0.268 e. The number of aromatic nitrogens is 1. The first-order valence-corrected chi connectivity index (χ1v) is 8.38. The van der Waals surface area contributed by atoms with E-state index < -0.39 is 0 Å². The Balaban J connectivity index is 1.80. The number of carbonyl (C=O) groups excluding carboxylic acids is 1. The number of hydrogen-bond donors (Lipinski definition) is 1. The number of halogens is 2. The SMILES string of the molecule is Cc1cc(C)n(Cc2cccc(F)c2)c1C(=O)NCc1ccc(F)cc1. The minimum atomic E-state index is -0.310. The van der Waals surface area contributed by atoms with Crippen molar-refractivity contribution < 1.29 is 13.6 Å². The summed E-state index contributed by atoms with van der Waals surface area (Å²) < 4.78 is 28.3. The molecule has 1 heterocycles. The zero-order chi connectivity index (χ0) is 18.7. The second-order valence-electron chi connectivity index (χ2n) is 6.34. The molecule has 0 spiro atoms. The van der Waals surface area contributed by atoms with Crippen LogP contribution in [0.25, 0.3) is 0 Å². The van der Waals surface area contributed by atoms with Gasteiger partial charge in [0.15, 0.2) is 0 Å². The van der Waals surface area contributed by atoms with Crippen molar-refractivity contribution in [1.29, 1.82) is 0 Å². The summed E-state index contributed by atoms with van der Waals surface area (Å²) in [7, 11) is 0. The second-order valence-corrected chi connectivity index (χ2v) is 6.34. The Kier molecular flexibility index (Phi) is 5.16. The first kappa shape index (κ1) is 17.9. The molecule has 0 aliphatic rings. The highest BCUT2D eigenvalue weighted by molar-refractivity contribution is 5.94. The number of rotatable bonds is 5. The molecule has 134 valence electrons. The van der Waals surface area contributed by atoms with E-state index >= 15 is 0 Å². The Bertz CT molecular complexity index is 930. The number of aryl methyl sites for hydroxylation is 2. The van der Waals surface area contributed by atoms with E-state index in [4.69, 9.17) is 0 Å². The van der Waals surface area contributed by atoms with Gasteiger partial charge in [0.1, 0.15) is 17.3 Å². The fourth-order valence-corrected chi connectivity index (χ4v) is 3.04. The van der Waals surface area contributed by atoms with Crippen molar-refractivity contribution in [2.75, 3.05) is 0 Å². The maximum atomic E-state index is 13.5. The van der Waals surface area contributed by atoms with Crippen molar-refractivity contribution in [3.63, 3.8) is 0 Å². The topological polar surface area (TPSA) is 34.0 Å². The average molecular weight is 354 g/mol. The molecular formula is C21H20F2N2O. The van der Waals surface area contributed by atoms with E-state index in [-0.39, 0.29) is 17.5 Å². The molecule has 0 aliphatic carbocycles. The molecule has 3 rings (SSSR count). The van der Waals surface area contributed by atoms with Crippen molar-refractivity contribution in [1.82, 2.24) is 9.88 Å². The molecule has 0 radical (unpaired) electrons. The first-order chi connectivity index (χ1) is 12.4. The monoisotopic (exact) mass is 354 g/mol. The van der Waals surface area contributed by atoms with Crippen LogP contribution in [-0.2, 0) is 13.1 Å². The van der Waals surface area contributed by atoms with E-state index in [0.717, 1.165) is 22.4 Å². The van der Waals surface area contributed by atoms with E-state index in [1.165, 1.54) is 24.3 Å². The van der Waals surface area contributed by atoms with Crippen LogP contribution < -0.4 is 5.32 Å². The van der Waals surface area contributed by atoms with E-state index in [1.807, 2.05) is 30.5 Å². The molecule has 0 unspecified atom stereocenters. The molecule has 0 saturated heterocycles. The van der Waals surface area contributed by atoms with Gasteiger partial charge in [-0.3, -0.25) is 4.79 Å². The number of hydrogen-bond acceptors (Lipinski definition) is 1. The van der Waals surface area contributed by atoms with Crippen molar-refractivity contribution >= 4 is 5.91 Å². The molecule has 3 nitrogen and oxygen atoms in total. The molecule has 3 aromatic rings. The summed E-state index contributed by atoms with van der Waals surface area (Å²) in [5.74, 6) is -0.821. The highest BCUT2D eigenvalue weighted by Crippen LogP contribution is 2.18. The van der Waals surface area contributed by atoms with Crippen LogP contribution in [0.1, 0.15) is 32.9 Å². The Morgan fingerprint density at radius 3 is 2.38 bits per heavy atom. The Morgan fingerprint density at radius 1 is 0.962 bits per heavy atom. The summed E-state index contributed by atoms with van der Waals surface area (Å²) in [6, 6.07) is 14.3. The molecule has 0 saturated carbocycles. The number of benzene rings is 2. The maximum Gasteiger partial charge on any atom is 0.268 e. The van der Waals surface area contributed by atoms with E-state index in [2.05, 4.69) is 5.32 Å². The molecule has 0 bridgehead atoms. The number of carbonyl (C=O) groups is 1. The molecule has 0 atom stereocenters. The van der Waals surface area contributed by atoms with E-state index in [0.29, 0.717) is 18.8 Å². The lowest BCUT2D eigenvalue weighted by Crippen LogP contribution is -2.26. The standard InChI is InChI=1S/C21H20F2N2O/c1-14-10-15(2)25(13-17-4-3-5-19(23)11-17)20(14)21(26)24-12-16-6-8-18(22)9-7-16/h3-11H,12-13H2,1-2H3,(H,24,26). The van der Waals surface area contributed by atoms with Gasteiger partial charge >= 0.3 is 0 Å². The average Bonchev–Trinajstić information content (AvgIpc) is 2.88. The van der Waals surface area contributed by atoms with Crippen molar-refractivity contribution in [3.8, 4) is 0 Å². The lowest BCUT2D eigenvalue weighted by Gasteiger charge is -2.13. The van der Waals surface area contributed by atoms with Crippen LogP contribution >= 0.6 is 0 Å². The zero-order valence-electron chi connectivity index (χ0n) is 14.7. The predicted octanol–water partition coefficient (Wildman–Crippen LogP) is 4.36. The van der Waals surface area contributed by atoms with Gasteiger partial charge in [-0.15, -0.1) is 0 Å². The highest BCUT2D eigenvalue weighted by atomic mass is 19.1. The molecule has 26 heavy (non-hydrogen) atoms. The van der Waals surface area contributed by atoms with Crippen LogP contribution in [0, 0.1) is 25.5 Å². The zero-order valence-corrected chi connectivity index (χ0v) is 14.7. The van der Waals surface area contributed by atoms with Gasteiger partial charge in [0.25, 0.3) is 5.91 Å². The van der Waals surface area contributed by atoms with Gasteiger partial charge < -0.3 is 9.88 Å². The molecule has 5 heteroatoms. The molecule has 0 fully saturated rings. The van der Waals surface area contributed by atoms with Gasteiger partial charge in [-0.1, -0.05) is 24.3 Å². The van der Waals surface area contributed by atoms with Gasteiger partial charge in [0.05, 0.1) is 0 Å². The highest BCUT2D eigenvalue weighted by Gasteiger charge is 2.17. The molecule has 1 N–H and O–H groups in total. The van der Waals surface area contributed by atoms with Crippen LogP contribution in [-0.4, -0.2) is 10.5 Å². The Labute approximate surface area is 151 Å². The quantitative estimate of drug-likeness (QED) is 0.726. The van der Waals surface area contributed by atoms with Gasteiger partial charge in [0.2, 0.25) is 0 Å². The third kappa shape index (κ3) is 3.99. The normalized spacial score (nSPS) is 10.8. The third-order valence-electron chi connectivity index (χ3n) is 4.31. The van der Waals surface area contributed by atoms with E-state index in [9.17, 15) is 13.6 Å². The lowest BCUT2D eigenvalue weighted by atomic mass is 10.2. The molecule has 2 aromatic carbocycles. The maximum absolute atomic E-state index is 13.5. The molecule has 1 aromatic heterocycles. The summed E-state index contributed by atoms with van der Waals surface area (Å²) in [5, 5.41) is 2.87. The fourth-order valence-electron chi connectivity index (χ4n) is 3.04. The Hall–Kier alpha value is -2.95. The number of nitrogens with zero attached hydrogens (tertiary/aromatic N) is 1. The molecule has 0 aliphatic heterocycles. The van der Waals surface area contributed by atoms with Crippen LogP contribution in [0.15, 0.2) is 54.6 Å². The van der Waals surface area contributed by atoms with Gasteiger partial charge in [0, 0.05) is 18.8 Å². The van der Waals surface area contributed by atoms with Crippen molar-refractivity contribution in [2.24, 2.45) is 0 Å². The summed E-state index contributed by atoms with van der Waals surface area (Å²) in [4.78, 5) is 12.7. The number of nitrogens with one attached hydrogen (secondary N) is 1. The number of amides is 1. The summed E-state index contributed by atoms with van der Waals surface area (Å²) >= 11 is 0. The van der Waals surface area contributed by atoms with Crippen molar-refractivity contribution in [3.05, 3.63) is 94.3 Å². The Morgan fingerprint density at radius 2 is 1.69 bits per heavy atom. The summed E-state index contributed by atoms with van der Waals surface area (Å²) in [6.07, 6.45) is 0. The minimum absolute atomic E-state index is 0.212. The molecule has 1 amide bonds. The van der Waals surface area contributed by atoms with Gasteiger partial charge in [-0.2, -0.15) is 0 Å². The largest absolute Gasteiger partial charge is 0.347 e. The molecular weight excluding hydrogens is 334 g/mol. The van der Waals surface area contributed by atoms with Crippen LogP contribution in [0.2, 0.25) is 0 Å². The summed E-state index contributed by atoms with van der Waals surface area (Å²) in [5.41, 5.74) is 3.94. The second kappa shape index (κ2) is 7.52. The predicted molar refractivity (Wildman–Crippen MR) is 97.0 cm³/mol. The minimum Gasteiger partial charge on any atom is -0.347 e. The van der Waals surface area contributed by atoms with Crippen LogP contribution in [0.5, 0.6) is 0 Å². The van der Waals surface area contributed by atoms with E-state index in [1.54, 1.807) is 18.2 Å². The van der Waals surface area contributed by atoms with Gasteiger partial charge in [-0.05, 0) is 60.9 Å². The van der Waals surface area contributed by atoms with Crippen LogP contribution in [0.4, 0.5) is 8.78 Å². The van der Waals surface area contributed by atoms with Crippen molar-refractivity contribution in [2.45, 2.75) is 26.9 Å². The first-order valence-electron chi connectivity index (χ1n) is 8.38. The lowest BCUT2D eigenvalue weighted by molar-refractivity contribution is 0.0941.